The van der Waals surface area contributed by atoms with Gasteiger partial charge in [0.05, 0.1) is 6.20 Å². The Morgan fingerprint density at radius 1 is 1.33 bits per heavy atom. The molecule has 6 nitrogen and oxygen atoms in total. The van der Waals surface area contributed by atoms with Gasteiger partial charge in [-0.05, 0) is 25.3 Å². The molecule has 0 fully saturated rings. The number of aryl methyl sites for hydroxylation is 2. The molecule has 0 aliphatic carbocycles. The first kappa shape index (κ1) is 14.2. The fourth-order valence-corrected chi connectivity index (χ4v) is 1.57. The predicted molar refractivity (Wildman–Crippen MR) is 68.0 cm³/mol. The Bertz CT molecular complexity index is 401. The highest BCUT2D eigenvalue weighted by atomic mass is 16.2. The van der Waals surface area contributed by atoms with E-state index < -0.39 is 0 Å². The molecule has 3 N–H and O–H groups in total. The van der Waals surface area contributed by atoms with E-state index in [4.69, 9.17) is 0 Å². The Hall–Kier alpha value is -1.85. The minimum absolute atomic E-state index is 0.0346. The number of hydrogen-bond donors (Lipinski definition) is 3. The number of aromatic amines is 1. The molecule has 1 aromatic rings. The lowest BCUT2D eigenvalue weighted by molar-refractivity contribution is -0.121. The average Bonchev–Trinajstić information content (AvgIpc) is 2.70. The summed E-state index contributed by atoms with van der Waals surface area (Å²) in [6.07, 6.45) is 3.92. The maximum atomic E-state index is 11.4. The van der Waals surface area contributed by atoms with Gasteiger partial charge in [-0.15, -0.1) is 0 Å². The van der Waals surface area contributed by atoms with Gasteiger partial charge in [0.2, 0.25) is 11.8 Å². The van der Waals surface area contributed by atoms with Gasteiger partial charge in [0, 0.05) is 32.1 Å². The van der Waals surface area contributed by atoms with E-state index >= 15 is 0 Å². The Kier molecular flexibility index (Phi) is 5.90. The average molecular weight is 252 g/mol. The third-order valence-corrected chi connectivity index (χ3v) is 2.61. The lowest BCUT2D eigenvalue weighted by atomic mass is 10.1. The molecule has 1 aromatic heterocycles. The maximum absolute atomic E-state index is 11.4. The van der Waals surface area contributed by atoms with Gasteiger partial charge < -0.3 is 10.6 Å². The molecular formula is C12H20N4O2. The smallest absolute Gasteiger partial charge is 0.221 e. The molecule has 18 heavy (non-hydrogen) atoms. The first-order chi connectivity index (χ1) is 8.59. The summed E-state index contributed by atoms with van der Waals surface area (Å²) in [5, 5.41) is 12.2. The van der Waals surface area contributed by atoms with Crippen molar-refractivity contribution in [2.24, 2.45) is 0 Å². The van der Waals surface area contributed by atoms with Crippen molar-refractivity contribution in [1.82, 2.24) is 20.8 Å². The van der Waals surface area contributed by atoms with Crippen molar-refractivity contribution in [1.29, 1.82) is 0 Å². The number of aromatic nitrogens is 2. The van der Waals surface area contributed by atoms with Crippen molar-refractivity contribution in [2.45, 2.75) is 33.1 Å². The highest BCUT2D eigenvalue weighted by Crippen LogP contribution is 2.04. The molecule has 0 aliphatic rings. The van der Waals surface area contributed by atoms with Crippen LogP contribution in [0.25, 0.3) is 0 Å². The van der Waals surface area contributed by atoms with Gasteiger partial charge in [0.15, 0.2) is 0 Å². The quantitative estimate of drug-likeness (QED) is 0.610. The highest BCUT2D eigenvalue weighted by Gasteiger charge is 2.02. The van der Waals surface area contributed by atoms with Gasteiger partial charge in [-0.25, -0.2) is 0 Å². The molecule has 0 saturated heterocycles. The zero-order valence-electron chi connectivity index (χ0n) is 10.9. The summed E-state index contributed by atoms with van der Waals surface area (Å²) in [5.41, 5.74) is 2.26. The minimum Gasteiger partial charge on any atom is -0.356 e. The summed E-state index contributed by atoms with van der Waals surface area (Å²) < 4.78 is 0. The SMILES string of the molecule is CC(=O)NCCC(=O)NCCCc1cn[nH]c1C. The number of nitrogens with zero attached hydrogens (tertiary/aromatic N) is 1. The molecule has 1 heterocycles. The number of amides is 2. The summed E-state index contributed by atoms with van der Waals surface area (Å²) in [6, 6.07) is 0. The van der Waals surface area contributed by atoms with E-state index in [-0.39, 0.29) is 11.8 Å². The van der Waals surface area contributed by atoms with Crippen LogP contribution in [0.2, 0.25) is 0 Å². The summed E-state index contributed by atoms with van der Waals surface area (Å²) in [7, 11) is 0. The van der Waals surface area contributed by atoms with Crippen molar-refractivity contribution in [3.05, 3.63) is 17.5 Å². The van der Waals surface area contributed by atoms with E-state index in [1.807, 2.05) is 13.1 Å². The van der Waals surface area contributed by atoms with Crippen molar-refractivity contribution < 1.29 is 9.59 Å². The third kappa shape index (κ3) is 5.47. The number of nitrogens with one attached hydrogen (secondary N) is 3. The molecule has 0 unspecified atom stereocenters. The van der Waals surface area contributed by atoms with E-state index in [2.05, 4.69) is 20.8 Å². The van der Waals surface area contributed by atoms with Gasteiger partial charge in [-0.3, -0.25) is 14.7 Å². The van der Waals surface area contributed by atoms with Gasteiger partial charge in [0.25, 0.3) is 0 Å². The second-order valence-electron chi connectivity index (χ2n) is 4.21. The van der Waals surface area contributed by atoms with Crippen molar-refractivity contribution >= 4 is 11.8 Å². The number of carbonyl (C=O) groups is 2. The highest BCUT2D eigenvalue weighted by molar-refractivity contribution is 5.77. The summed E-state index contributed by atoms with van der Waals surface area (Å²) >= 11 is 0. The van der Waals surface area contributed by atoms with Crippen LogP contribution >= 0.6 is 0 Å². The molecule has 0 aromatic carbocycles. The van der Waals surface area contributed by atoms with E-state index in [1.54, 1.807) is 0 Å². The summed E-state index contributed by atoms with van der Waals surface area (Å²) in [6.45, 7) is 4.45. The monoisotopic (exact) mass is 252 g/mol. The van der Waals surface area contributed by atoms with Crippen molar-refractivity contribution in [3.8, 4) is 0 Å². The van der Waals surface area contributed by atoms with Crippen LogP contribution in [0.3, 0.4) is 0 Å². The number of rotatable bonds is 7. The predicted octanol–water partition coefficient (Wildman–Crippen LogP) is 0.293. The molecular weight excluding hydrogens is 232 g/mol. The zero-order chi connectivity index (χ0) is 13.4. The van der Waals surface area contributed by atoms with Crippen molar-refractivity contribution in [2.75, 3.05) is 13.1 Å². The van der Waals surface area contributed by atoms with Crippen LogP contribution in [0.1, 0.15) is 31.0 Å². The first-order valence-corrected chi connectivity index (χ1v) is 6.09. The zero-order valence-corrected chi connectivity index (χ0v) is 10.9. The fraction of sp³-hybridized carbons (Fsp3) is 0.583. The second kappa shape index (κ2) is 7.47. The number of carbonyl (C=O) groups excluding carboxylic acids is 2. The molecule has 0 saturated carbocycles. The molecule has 0 bridgehead atoms. The van der Waals surface area contributed by atoms with Crippen LogP contribution in [0.5, 0.6) is 0 Å². The van der Waals surface area contributed by atoms with E-state index in [9.17, 15) is 9.59 Å². The molecule has 0 aliphatic heterocycles. The van der Waals surface area contributed by atoms with Gasteiger partial charge in [-0.1, -0.05) is 0 Å². The maximum Gasteiger partial charge on any atom is 0.221 e. The lowest BCUT2D eigenvalue weighted by Gasteiger charge is -2.05. The molecule has 2 amide bonds. The lowest BCUT2D eigenvalue weighted by Crippen LogP contribution is -2.30. The van der Waals surface area contributed by atoms with Crippen LogP contribution in [0, 0.1) is 6.92 Å². The molecule has 6 heteroatoms. The molecule has 100 valence electrons. The van der Waals surface area contributed by atoms with E-state index in [0.29, 0.717) is 19.5 Å². The summed E-state index contributed by atoms with van der Waals surface area (Å²) in [5.74, 6) is -0.147. The van der Waals surface area contributed by atoms with Gasteiger partial charge in [0.1, 0.15) is 0 Å². The van der Waals surface area contributed by atoms with Crippen LogP contribution in [-0.2, 0) is 16.0 Å². The number of H-pyrrole nitrogens is 1. The van der Waals surface area contributed by atoms with Gasteiger partial charge >= 0.3 is 0 Å². The summed E-state index contributed by atoms with van der Waals surface area (Å²) in [4.78, 5) is 22.0. The molecule has 1 rings (SSSR count). The second-order valence-corrected chi connectivity index (χ2v) is 4.21. The fourth-order valence-electron chi connectivity index (χ4n) is 1.57. The normalized spacial score (nSPS) is 10.1. The number of hydrogen-bond acceptors (Lipinski definition) is 3. The van der Waals surface area contributed by atoms with E-state index in [1.165, 1.54) is 12.5 Å². The van der Waals surface area contributed by atoms with Crippen LogP contribution in [-0.4, -0.2) is 35.1 Å². The Morgan fingerprint density at radius 2 is 2.11 bits per heavy atom. The Balaban J connectivity index is 2.05. The largest absolute Gasteiger partial charge is 0.356 e. The molecule has 0 atom stereocenters. The van der Waals surface area contributed by atoms with Crippen LogP contribution in [0.15, 0.2) is 6.20 Å². The van der Waals surface area contributed by atoms with Crippen molar-refractivity contribution in [3.63, 3.8) is 0 Å². The van der Waals surface area contributed by atoms with E-state index in [0.717, 1.165) is 18.5 Å². The Morgan fingerprint density at radius 3 is 2.72 bits per heavy atom. The minimum atomic E-state index is -0.113. The Labute approximate surface area is 107 Å². The van der Waals surface area contributed by atoms with Crippen LogP contribution < -0.4 is 10.6 Å². The first-order valence-electron chi connectivity index (χ1n) is 6.09. The third-order valence-electron chi connectivity index (χ3n) is 2.61. The van der Waals surface area contributed by atoms with Gasteiger partial charge in [-0.2, -0.15) is 5.10 Å². The van der Waals surface area contributed by atoms with Crippen LogP contribution in [0.4, 0.5) is 0 Å². The standard InChI is InChI=1S/C12H20N4O2/c1-9-11(8-15-16-9)4-3-6-14-12(18)5-7-13-10(2)17/h8H,3-7H2,1-2H3,(H,13,17)(H,14,18)(H,15,16). The molecule has 0 spiro atoms. The molecule has 0 radical (unpaired) electrons. The topological polar surface area (TPSA) is 86.9 Å².